The van der Waals surface area contributed by atoms with E-state index in [1.807, 2.05) is 31.4 Å². The van der Waals surface area contributed by atoms with Crippen LogP contribution in [0.2, 0.25) is 0 Å². The molecule has 0 saturated heterocycles. The highest BCUT2D eigenvalue weighted by atomic mass is 32.2. The van der Waals surface area contributed by atoms with Gasteiger partial charge in [-0.25, -0.2) is 4.98 Å². The number of rotatable bonds is 6. The molecule has 0 aliphatic carbocycles. The molecule has 2 aromatic carbocycles. The number of aryl methyl sites for hydroxylation is 1. The smallest absolute Gasteiger partial charge is 0.262 e. The Hall–Kier alpha value is -2.71. The van der Waals surface area contributed by atoms with Crippen LogP contribution in [0.3, 0.4) is 0 Å². The number of fused-ring (bicyclic) bond motifs is 2. The molecule has 0 saturated carbocycles. The summed E-state index contributed by atoms with van der Waals surface area (Å²) < 4.78 is 0.974. The van der Waals surface area contributed by atoms with Crippen molar-refractivity contribution in [3.63, 3.8) is 0 Å². The third kappa shape index (κ3) is 3.65. The number of thiazole rings is 1. The van der Waals surface area contributed by atoms with Gasteiger partial charge in [-0.2, -0.15) is 11.8 Å². The van der Waals surface area contributed by atoms with Gasteiger partial charge in [0.15, 0.2) is 5.13 Å². The lowest BCUT2D eigenvalue weighted by molar-refractivity contribution is -0.120. The average molecular weight is 426 g/mol. The second kappa shape index (κ2) is 7.96. The van der Waals surface area contributed by atoms with Gasteiger partial charge < -0.3 is 5.32 Å². The molecule has 1 aliphatic heterocycles. The molecule has 1 atom stereocenters. The van der Waals surface area contributed by atoms with Gasteiger partial charge in [-0.3, -0.25) is 19.3 Å². The lowest BCUT2D eigenvalue weighted by Gasteiger charge is -2.24. The number of thioether (sulfide) groups is 1. The maximum absolute atomic E-state index is 13.1. The summed E-state index contributed by atoms with van der Waals surface area (Å²) >= 11 is 2.94. The third-order valence-electron chi connectivity index (χ3n) is 4.81. The molecule has 2 heterocycles. The number of carbonyl (C=O) groups excluding carboxylic acids is 3. The summed E-state index contributed by atoms with van der Waals surface area (Å²) in [4.78, 5) is 44.3. The van der Waals surface area contributed by atoms with Crippen LogP contribution in [0.1, 0.15) is 32.7 Å². The van der Waals surface area contributed by atoms with Crippen molar-refractivity contribution in [1.82, 2.24) is 9.88 Å². The molecule has 4 rings (SSSR count). The van der Waals surface area contributed by atoms with Crippen molar-refractivity contribution in [3.05, 3.63) is 59.2 Å². The molecule has 1 N–H and O–H groups in total. The molecular formula is C21H19N3O3S2. The highest BCUT2D eigenvalue weighted by Gasteiger charge is 2.42. The van der Waals surface area contributed by atoms with Gasteiger partial charge in [0.05, 0.1) is 21.3 Å². The Kier molecular flexibility index (Phi) is 5.38. The van der Waals surface area contributed by atoms with Crippen molar-refractivity contribution >= 4 is 56.2 Å². The molecule has 0 spiro atoms. The third-order valence-corrected chi connectivity index (χ3v) is 6.39. The molecule has 29 heavy (non-hydrogen) atoms. The van der Waals surface area contributed by atoms with E-state index in [1.54, 1.807) is 36.0 Å². The number of aromatic nitrogens is 1. The van der Waals surface area contributed by atoms with Gasteiger partial charge in [-0.15, -0.1) is 0 Å². The molecule has 3 amide bonds. The number of amides is 3. The van der Waals surface area contributed by atoms with Crippen LogP contribution in [0.25, 0.3) is 10.2 Å². The van der Waals surface area contributed by atoms with Gasteiger partial charge in [0.25, 0.3) is 11.8 Å². The van der Waals surface area contributed by atoms with E-state index in [2.05, 4.69) is 10.3 Å². The first-order valence-corrected chi connectivity index (χ1v) is 11.3. The Morgan fingerprint density at radius 1 is 1.17 bits per heavy atom. The summed E-state index contributed by atoms with van der Waals surface area (Å²) in [6.07, 6.45) is 2.30. The first-order chi connectivity index (χ1) is 14.0. The van der Waals surface area contributed by atoms with E-state index in [0.29, 0.717) is 28.4 Å². The Morgan fingerprint density at radius 3 is 2.52 bits per heavy atom. The van der Waals surface area contributed by atoms with E-state index in [1.165, 1.54) is 11.3 Å². The lowest BCUT2D eigenvalue weighted by atomic mass is 10.1. The van der Waals surface area contributed by atoms with Crippen LogP contribution in [0, 0.1) is 6.92 Å². The van der Waals surface area contributed by atoms with E-state index >= 15 is 0 Å². The number of imide groups is 1. The van der Waals surface area contributed by atoms with Gasteiger partial charge in [0.1, 0.15) is 6.04 Å². The van der Waals surface area contributed by atoms with Crippen LogP contribution in [0.15, 0.2) is 42.5 Å². The number of anilines is 1. The number of carbonyl (C=O) groups is 3. The second-order valence-electron chi connectivity index (χ2n) is 6.80. The summed E-state index contributed by atoms with van der Waals surface area (Å²) in [5.74, 6) is -0.604. The molecule has 0 fully saturated rings. The molecule has 1 aliphatic rings. The zero-order valence-corrected chi connectivity index (χ0v) is 17.6. The lowest BCUT2D eigenvalue weighted by Crippen LogP contribution is -2.47. The summed E-state index contributed by atoms with van der Waals surface area (Å²) in [6, 6.07) is 11.7. The molecular weight excluding hydrogens is 406 g/mol. The fourth-order valence-electron chi connectivity index (χ4n) is 3.37. The summed E-state index contributed by atoms with van der Waals surface area (Å²) in [5.41, 5.74) is 2.60. The summed E-state index contributed by atoms with van der Waals surface area (Å²) in [5, 5.41) is 3.28. The Labute approximate surface area is 176 Å². The van der Waals surface area contributed by atoms with Crippen LogP contribution in [0.4, 0.5) is 5.13 Å². The minimum absolute atomic E-state index is 0.343. The fourth-order valence-corrected chi connectivity index (χ4v) is 4.80. The number of benzene rings is 2. The minimum atomic E-state index is -0.886. The van der Waals surface area contributed by atoms with Crippen molar-refractivity contribution in [2.75, 3.05) is 17.3 Å². The standard InChI is InChI=1S/C21H19N3O3S2/c1-12-7-8-15-17(11-12)29-21(22-15)23-18(25)16(9-10-28-2)24-19(26)13-5-3-4-6-14(13)20(24)27/h3-8,11,16H,9-10H2,1-2H3,(H,22,23,25)/t16-/m1/s1. The maximum atomic E-state index is 13.1. The highest BCUT2D eigenvalue weighted by Crippen LogP contribution is 2.29. The summed E-state index contributed by atoms with van der Waals surface area (Å²) in [6.45, 7) is 2.00. The number of nitrogens with zero attached hydrogens (tertiary/aromatic N) is 2. The Bertz CT molecular complexity index is 1090. The van der Waals surface area contributed by atoms with E-state index < -0.39 is 23.8 Å². The molecule has 3 aromatic rings. The summed E-state index contributed by atoms with van der Waals surface area (Å²) in [7, 11) is 0. The molecule has 1 aromatic heterocycles. The van der Waals surface area contributed by atoms with Gasteiger partial charge in [0, 0.05) is 0 Å². The van der Waals surface area contributed by atoms with E-state index in [9.17, 15) is 14.4 Å². The zero-order chi connectivity index (χ0) is 20.5. The fraction of sp³-hybridized carbons (Fsp3) is 0.238. The number of hydrogen-bond acceptors (Lipinski definition) is 6. The Balaban J connectivity index is 1.61. The SMILES string of the molecule is CSCC[C@H](C(=O)Nc1nc2ccc(C)cc2s1)N1C(=O)c2ccccc2C1=O. The second-order valence-corrected chi connectivity index (χ2v) is 8.82. The Morgan fingerprint density at radius 2 is 1.86 bits per heavy atom. The van der Waals surface area contributed by atoms with Crippen molar-refractivity contribution in [1.29, 1.82) is 0 Å². The normalized spacial score (nSPS) is 14.3. The number of hydrogen-bond donors (Lipinski definition) is 1. The topological polar surface area (TPSA) is 79.4 Å². The molecule has 0 unspecified atom stereocenters. The minimum Gasteiger partial charge on any atom is -0.300 e. The van der Waals surface area contributed by atoms with Crippen molar-refractivity contribution in [3.8, 4) is 0 Å². The molecule has 8 heteroatoms. The molecule has 0 bridgehead atoms. The van der Waals surface area contributed by atoms with Crippen molar-refractivity contribution < 1.29 is 14.4 Å². The first kappa shape index (κ1) is 19.6. The molecule has 148 valence electrons. The van der Waals surface area contributed by atoms with Crippen molar-refractivity contribution in [2.45, 2.75) is 19.4 Å². The maximum Gasteiger partial charge on any atom is 0.262 e. The molecule has 6 nitrogen and oxygen atoms in total. The number of nitrogens with one attached hydrogen (secondary N) is 1. The van der Waals surface area contributed by atoms with Gasteiger partial charge in [-0.05, 0) is 55.2 Å². The quantitative estimate of drug-likeness (QED) is 0.605. The zero-order valence-electron chi connectivity index (χ0n) is 16.0. The average Bonchev–Trinajstić information content (AvgIpc) is 3.21. The van der Waals surface area contributed by atoms with Gasteiger partial charge >= 0.3 is 0 Å². The van der Waals surface area contributed by atoms with E-state index in [4.69, 9.17) is 0 Å². The van der Waals surface area contributed by atoms with Crippen molar-refractivity contribution in [2.24, 2.45) is 0 Å². The highest BCUT2D eigenvalue weighted by molar-refractivity contribution is 7.98. The largest absolute Gasteiger partial charge is 0.300 e. The monoisotopic (exact) mass is 425 g/mol. The van der Waals surface area contributed by atoms with Gasteiger partial charge in [0.2, 0.25) is 5.91 Å². The predicted molar refractivity (Wildman–Crippen MR) is 117 cm³/mol. The van der Waals surface area contributed by atoms with Crippen LogP contribution in [0.5, 0.6) is 0 Å². The van der Waals surface area contributed by atoms with Crippen LogP contribution in [-0.4, -0.2) is 45.7 Å². The van der Waals surface area contributed by atoms with Gasteiger partial charge in [-0.1, -0.05) is 29.5 Å². The van der Waals surface area contributed by atoms with Crippen LogP contribution >= 0.6 is 23.1 Å². The predicted octanol–water partition coefficient (Wildman–Crippen LogP) is 3.96. The van der Waals surface area contributed by atoms with E-state index in [-0.39, 0.29) is 0 Å². The molecule has 0 radical (unpaired) electrons. The van der Waals surface area contributed by atoms with Crippen LogP contribution in [-0.2, 0) is 4.79 Å². The van der Waals surface area contributed by atoms with Crippen LogP contribution < -0.4 is 5.32 Å². The first-order valence-electron chi connectivity index (χ1n) is 9.13. The van der Waals surface area contributed by atoms with E-state index in [0.717, 1.165) is 20.7 Å².